The van der Waals surface area contributed by atoms with E-state index in [4.69, 9.17) is 23.1 Å². The standard InChI is InChI=1S/C13H14ClN5O/c1-19(7-8-6-9(15)2-3-10(8)14)13-11(12(16)20)17-4-5-18-13/h2-6H,7,15H2,1H3,(H2,16,20). The maximum atomic E-state index is 11.3. The summed E-state index contributed by atoms with van der Waals surface area (Å²) in [6.07, 6.45) is 2.92. The molecule has 0 bridgehead atoms. The molecule has 0 spiro atoms. The number of benzene rings is 1. The lowest BCUT2D eigenvalue weighted by molar-refractivity contribution is 0.0995. The third-order valence-electron chi connectivity index (χ3n) is 2.75. The Balaban J connectivity index is 2.31. The fourth-order valence-corrected chi connectivity index (χ4v) is 2.01. The van der Waals surface area contributed by atoms with Crippen molar-refractivity contribution in [2.24, 2.45) is 5.73 Å². The molecule has 0 unspecified atom stereocenters. The molecular formula is C13H14ClN5O. The molecule has 20 heavy (non-hydrogen) atoms. The summed E-state index contributed by atoms with van der Waals surface area (Å²) < 4.78 is 0. The molecule has 2 rings (SSSR count). The first-order chi connectivity index (χ1) is 9.49. The van der Waals surface area contributed by atoms with E-state index in [-0.39, 0.29) is 5.69 Å². The molecule has 1 aromatic heterocycles. The molecule has 0 atom stereocenters. The summed E-state index contributed by atoms with van der Waals surface area (Å²) in [7, 11) is 1.77. The number of primary amides is 1. The van der Waals surface area contributed by atoms with Gasteiger partial charge >= 0.3 is 0 Å². The largest absolute Gasteiger partial charge is 0.399 e. The van der Waals surface area contributed by atoms with E-state index in [9.17, 15) is 4.79 Å². The third kappa shape index (κ3) is 2.97. The monoisotopic (exact) mass is 291 g/mol. The number of hydrogen-bond acceptors (Lipinski definition) is 5. The molecule has 104 valence electrons. The van der Waals surface area contributed by atoms with Crippen LogP contribution in [-0.2, 0) is 6.54 Å². The number of carbonyl (C=O) groups is 1. The molecule has 0 aliphatic heterocycles. The molecule has 7 heteroatoms. The van der Waals surface area contributed by atoms with Crippen LogP contribution in [0.25, 0.3) is 0 Å². The summed E-state index contributed by atoms with van der Waals surface area (Å²) in [5.74, 6) is -0.225. The molecule has 0 saturated carbocycles. The Kier molecular flexibility index (Phi) is 4.05. The Labute approximate surface area is 121 Å². The van der Waals surface area contributed by atoms with Crippen molar-refractivity contribution in [1.29, 1.82) is 0 Å². The zero-order valence-corrected chi connectivity index (χ0v) is 11.6. The number of carbonyl (C=O) groups excluding carboxylic acids is 1. The molecule has 1 heterocycles. The Bertz CT molecular complexity index is 646. The molecule has 6 nitrogen and oxygen atoms in total. The average molecular weight is 292 g/mol. The SMILES string of the molecule is CN(Cc1cc(N)ccc1Cl)c1nccnc1C(N)=O. The van der Waals surface area contributed by atoms with Crippen molar-refractivity contribution in [2.45, 2.75) is 6.54 Å². The average Bonchev–Trinajstić information content (AvgIpc) is 2.42. The van der Waals surface area contributed by atoms with Gasteiger partial charge in [-0.2, -0.15) is 0 Å². The highest BCUT2D eigenvalue weighted by molar-refractivity contribution is 6.31. The molecular weight excluding hydrogens is 278 g/mol. The number of hydrogen-bond donors (Lipinski definition) is 2. The van der Waals surface area contributed by atoms with E-state index in [2.05, 4.69) is 9.97 Å². The molecule has 0 saturated heterocycles. The van der Waals surface area contributed by atoms with Crippen LogP contribution in [0.2, 0.25) is 5.02 Å². The van der Waals surface area contributed by atoms with Gasteiger partial charge in [0.1, 0.15) is 0 Å². The smallest absolute Gasteiger partial charge is 0.271 e. The van der Waals surface area contributed by atoms with Gasteiger partial charge in [0.05, 0.1) is 0 Å². The number of halogens is 1. The van der Waals surface area contributed by atoms with Crippen LogP contribution in [0.3, 0.4) is 0 Å². The highest BCUT2D eigenvalue weighted by Crippen LogP contribution is 2.22. The van der Waals surface area contributed by atoms with Gasteiger partial charge in [-0.05, 0) is 23.8 Å². The second-order valence-corrected chi connectivity index (χ2v) is 4.71. The first-order valence-corrected chi connectivity index (χ1v) is 6.22. The van der Waals surface area contributed by atoms with Crippen molar-refractivity contribution >= 4 is 29.0 Å². The van der Waals surface area contributed by atoms with Gasteiger partial charge in [-0.25, -0.2) is 9.97 Å². The second kappa shape index (κ2) is 5.75. The highest BCUT2D eigenvalue weighted by atomic mass is 35.5. The number of nitrogens with zero attached hydrogens (tertiary/aromatic N) is 3. The summed E-state index contributed by atoms with van der Waals surface area (Å²) in [5, 5.41) is 0.593. The van der Waals surface area contributed by atoms with Gasteiger partial charge in [0.2, 0.25) is 0 Å². The lowest BCUT2D eigenvalue weighted by atomic mass is 10.2. The van der Waals surface area contributed by atoms with Crippen LogP contribution in [0, 0.1) is 0 Å². The maximum Gasteiger partial charge on any atom is 0.271 e. The molecule has 0 aliphatic rings. The van der Waals surface area contributed by atoms with Crippen LogP contribution in [0.15, 0.2) is 30.6 Å². The summed E-state index contributed by atoms with van der Waals surface area (Å²) in [6, 6.07) is 5.23. The van der Waals surface area contributed by atoms with E-state index in [0.717, 1.165) is 5.56 Å². The zero-order valence-electron chi connectivity index (χ0n) is 10.9. The minimum atomic E-state index is -0.626. The second-order valence-electron chi connectivity index (χ2n) is 4.30. The number of amides is 1. The number of nitrogens with two attached hydrogens (primary N) is 2. The van der Waals surface area contributed by atoms with Crippen molar-refractivity contribution in [3.05, 3.63) is 46.9 Å². The lowest BCUT2D eigenvalue weighted by Crippen LogP contribution is -2.24. The number of aromatic nitrogens is 2. The Hall–Kier alpha value is -2.34. The van der Waals surface area contributed by atoms with Crippen molar-refractivity contribution in [2.75, 3.05) is 17.7 Å². The zero-order chi connectivity index (χ0) is 14.7. The first kappa shape index (κ1) is 14.1. The van der Waals surface area contributed by atoms with E-state index < -0.39 is 5.91 Å². The minimum absolute atomic E-state index is 0.120. The van der Waals surface area contributed by atoms with Gasteiger partial charge < -0.3 is 16.4 Å². The predicted octanol–water partition coefficient (Wildman–Crippen LogP) is 1.45. The van der Waals surface area contributed by atoms with E-state index in [1.807, 2.05) is 0 Å². The van der Waals surface area contributed by atoms with E-state index in [0.29, 0.717) is 23.1 Å². The van der Waals surface area contributed by atoms with Crippen molar-refractivity contribution in [1.82, 2.24) is 9.97 Å². The minimum Gasteiger partial charge on any atom is -0.399 e. The highest BCUT2D eigenvalue weighted by Gasteiger charge is 2.15. The Morgan fingerprint density at radius 3 is 2.75 bits per heavy atom. The van der Waals surface area contributed by atoms with Crippen LogP contribution in [0.1, 0.15) is 16.1 Å². The summed E-state index contributed by atoms with van der Waals surface area (Å²) >= 11 is 6.12. The topological polar surface area (TPSA) is 98.1 Å². The molecule has 2 aromatic rings. The Morgan fingerprint density at radius 2 is 2.05 bits per heavy atom. The third-order valence-corrected chi connectivity index (χ3v) is 3.12. The first-order valence-electron chi connectivity index (χ1n) is 5.85. The van der Waals surface area contributed by atoms with Crippen molar-refractivity contribution in [3.63, 3.8) is 0 Å². The van der Waals surface area contributed by atoms with E-state index in [1.54, 1.807) is 30.1 Å². The van der Waals surface area contributed by atoms with Crippen LogP contribution in [0.4, 0.5) is 11.5 Å². The fraction of sp³-hybridized carbons (Fsp3) is 0.154. The molecule has 1 aromatic carbocycles. The summed E-state index contributed by atoms with van der Waals surface area (Å²) in [4.78, 5) is 21.2. The van der Waals surface area contributed by atoms with Gasteiger partial charge in [0.25, 0.3) is 5.91 Å². The van der Waals surface area contributed by atoms with E-state index in [1.165, 1.54) is 12.4 Å². The van der Waals surface area contributed by atoms with Gasteiger partial charge in [0, 0.05) is 36.7 Å². The Morgan fingerprint density at radius 1 is 1.35 bits per heavy atom. The molecule has 4 N–H and O–H groups in total. The van der Waals surface area contributed by atoms with Gasteiger partial charge in [-0.1, -0.05) is 11.6 Å². The van der Waals surface area contributed by atoms with Crippen LogP contribution < -0.4 is 16.4 Å². The van der Waals surface area contributed by atoms with Crippen molar-refractivity contribution < 1.29 is 4.79 Å². The van der Waals surface area contributed by atoms with Gasteiger partial charge in [-0.15, -0.1) is 0 Å². The van der Waals surface area contributed by atoms with Crippen LogP contribution >= 0.6 is 11.6 Å². The number of nitrogen functional groups attached to an aromatic ring is 1. The molecule has 0 fully saturated rings. The summed E-state index contributed by atoms with van der Waals surface area (Å²) in [5.41, 5.74) is 12.6. The quantitative estimate of drug-likeness (QED) is 0.831. The maximum absolute atomic E-state index is 11.3. The number of anilines is 2. The molecule has 1 amide bonds. The normalized spacial score (nSPS) is 10.3. The summed E-state index contributed by atoms with van der Waals surface area (Å²) in [6.45, 7) is 0.433. The van der Waals surface area contributed by atoms with Crippen LogP contribution in [0.5, 0.6) is 0 Å². The van der Waals surface area contributed by atoms with Gasteiger partial charge in [0.15, 0.2) is 11.5 Å². The van der Waals surface area contributed by atoms with Gasteiger partial charge in [-0.3, -0.25) is 4.79 Å². The van der Waals surface area contributed by atoms with E-state index >= 15 is 0 Å². The van der Waals surface area contributed by atoms with Crippen LogP contribution in [-0.4, -0.2) is 22.9 Å². The lowest BCUT2D eigenvalue weighted by Gasteiger charge is -2.20. The number of rotatable bonds is 4. The fourth-order valence-electron chi connectivity index (χ4n) is 1.83. The predicted molar refractivity (Wildman–Crippen MR) is 78.5 cm³/mol. The molecule has 0 radical (unpaired) electrons. The molecule has 0 aliphatic carbocycles. The van der Waals surface area contributed by atoms with Crippen molar-refractivity contribution in [3.8, 4) is 0 Å².